The van der Waals surface area contributed by atoms with Crippen LogP contribution in [-0.2, 0) is 6.54 Å². The molecule has 0 atom stereocenters. The van der Waals surface area contributed by atoms with Crippen molar-refractivity contribution in [3.8, 4) is 11.5 Å². The molecule has 0 spiro atoms. The smallest absolute Gasteiger partial charge is 0.161 e. The third kappa shape index (κ3) is 4.26. The Morgan fingerprint density at radius 3 is 2.62 bits per heavy atom. The van der Waals surface area contributed by atoms with E-state index in [0.717, 1.165) is 38.3 Å². The van der Waals surface area contributed by atoms with E-state index in [-0.39, 0.29) is 5.75 Å². The Bertz CT molecular complexity index is 680. The van der Waals surface area contributed by atoms with Gasteiger partial charge in [-0.05, 0) is 23.8 Å². The van der Waals surface area contributed by atoms with E-state index in [0.29, 0.717) is 5.75 Å². The molecule has 5 nitrogen and oxygen atoms in total. The van der Waals surface area contributed by atoms with Gasteiger partial charge in [0.15, 0.2) is 11.5 Å². The molecule has 5 heteroatoms. The minimum atomic E-state index is 0.146. The number of methoxy groups -OCH3 is 1. The number of rotatable bonds is 5. The van der Waals surface area contributed by atoms with Crippen molar-refractivity contribution in [2.45, 2.75) is 6.54 Å². The summed E-state index contributed by atoms with van der Waals surface area (Å²) in [6, 6.07) is 15.9. The molecule has 0 saturated carbocycles. The summed E-state index contributed by atoms with van der Waals surface area (Å²) in [4.78, 5) is 1.60. The number of aromatic hydroxyl groups is 1. The van der Waals surface area contributed by atoms with Gasteiger partial charge < -0.3 is 14.7 Å². The van der Waals surface area contributed by atoms with Crippen molar-refractivity contribution >= 4 is 6.21 Å². The van der Waals surface area contributed by atoms with E-state index in [2.05, 4.69) is 40.4 Å². The quantitative estimate of drug-likeness (QED) is 0.810. The normalized spacial score (nSPS) is 15.8. The Kier molecular flexibility index (Phi) is 5.33. The van der Waals surface area contributed by atoms with E-state index >= 15 is 0 Å². The second kappa shape index (κ2) is 7.84. The zero-order valence-electron chi connectivity index (χ0n) is 14.0. The van der Waals surface area contributed by atoms with Gasteiger partial charge in [0.1, 0.15) is 6.54 Å². The number of hydrogen-bond acceptors (Lipinski definition) is 4. The van der Waals surface area contributed by atoms with Crippen LogP contribution < -0.4 is 9.64 Å². The van der Waals surface area contributed by atoms with Crippen LogP contribution in [0.1, 0.15) is 11.1 Å². The van der Waals surface area contributed by atoms with E-state index in [4.69, 9.17) is 4.74 Å². The van der Waals surface area contributed by atoms with Crippen LogP contribution in [-0.4, -0.2) is 49.6 Å². The Morgan fingerprint density at radius 1 is 1.17 bits per heavy atom. The van der Waals surface area contributed by atoms with E-state index in [1.54, 1.807) is 24.1 Å². The van der Waals surface area contributed by atoms with E-state index < -0.39 is 0 Å². The first-order valence-corrected chi connectivity index (χ1v) is 8.28. The summed E-state index contributed by atoms with van der Waals surface area (Å²) in [5.41, 5.74) is 2.31. The van der Waals surface area contributed by atoms with Gasteiger partial charge in [0.25, 0.3) is 0 Å². The van der Waals surface area contributed by atoms with Crippen LogP contribution in [0, 0.1) is 0 Å². The number of nitrogens with zero attached hydrogens (tertiary/aromatic N) is 2. The van der Waals surface area contributed by atoms with Gasteiger partial charge in [-0.3, -0.25) is 5.01 Å². The molecule has 0 bridgehead atoms. The number of hydrogen-bond donors (Lipinski definition) is 2. The SMILES string of the molecule is COc1cc(/C=N/N2CC[NH+](Cc3ccccc3)CC2)ccc1O. The third-order valence-electron chi connectivity index (χ3n) is 4.32. The molecule has 2 N–H and O–H groups in total. The van der Waals surface area contributed by atoms with Gasteiger partial charge in [-0.15, -0.1) is 0 Å². The van der Waals surface area contributed by atoms with Gasteiger partial charge in [-0.25, -0.2) is 0 Å². The summed E-state index contributed by atoms with van der Waals surface area (Å²) in [5.74, 6) is 0.615. The van der Waals surface area contributed by atoms with Crippen LogP contribution in [0.2, 0.25) is 0 Å². The molecule has 1 aliphatic rings. The minimum Gasteiger partial charge on any atom is -0.504 e. The highest BCUT2D eigenvalue weighted by Gasteiger charge is 2.18. The molecule has 24 heavy (non-hydrogen) atoms. The molecule has 2 aromatic carbocycles. The zero-order valence-corrected chi connectivity index (χ0v) is 14.0. The topological polar surface area (TPSA) is 49.5 Å². The molecule has 3 rings (SSSR count). The van der Waals surface area contributed by atoms with Crippen LogP contribution in [0.25, 0.3) is 0 Å². The molecule has 1 heterocycles. The van der Waals surface area contributed by atoms with Crippen LogP contribution in [0.5, 0.6) is 11.5 Å². The predicted molar refractivity (Wildman–Crippen MR) is 94.7 cm³/mol. The van der Waals surface area contributed by atoms with Crippen LogP contribution in [0.3, 0.4) is 0 Å². The number of phenolic OH excluding ortho intramolecular Hbond substituents is 1. The number of quaternary nitrogens is 1. The third-order valence-corrected chi connectivity index (χ3v) is 4.32. The van der Waals surface area contributed by atoms with Gasteiger partial charge in [0.2, 0.25) is 0 Å². The molecule has 1 aliphatic heterocycles. The lowest BCUT2D eigenvalue weighted by molar-refractivity contribution is -0.918. The summed E-state index contributed by atoms with van der Waals surface area (Å²) in [7, 11) is 1.55. The Hall–Kier alpha value is -2.53. The van der Waals surface area contributed by atoms with Crippen molar-refractivity contribution in [3.05, 3.63) is 59.7 Å². The van der Waals surface area contributed by atoms with Crippen LogP contribution in [0.15, 0.2) is 53.6 Å². The summed E-state index contributed by atoms with van der Waals surface area (Å²) >= 11 is 0. The Balaban J connectivity index is 1.51. The van der Waals surface area contributed by atoms with Gasteiger partial charge in [0.05, 0.1) is 39.5 Å². The largest absolute Gasteiger partial charge is 0.504 e. The van der Waals surface area contributed by atoms with Crippen LogP contribution >= 0.6 is 0 Å². The standard InChI is InChI=1S/C19H23N3O2/c1-24-19-13-17(7-8-18(19)23)14-20-22-11-9-21(10-12-22)15-16-5-3-2-4-6-16/h2-8,13-14,23H,9-12,15H2,1H3/p+1/b20-14+. The maximum absolute atomic E-state index is 9.62. The maximum atomic E-state index is 9.62. The maximum Gasteiger partial charge on any atom is 0.161 e. The first kappa shape index (κ1) is 16.3. The van der Waals surface area contributed by atoms with Crippen LogP contribution in [0.4, 0.5) is 0 Å². The average Bonchev–Trinajstić information content (AvgIpc) is 2.63. The van der Waals surface area contributed by atoms with E-state index in [1.807, 2.05) is 12.3 Å². The molecule has 2 aromatic rings. The highest BCUT2D eigenvalue weighted by molar-refractivity contribution is 5.80. The predicted octanol–water partition coefficient (Wildman–Crippen LogP) is 1.14. The zero-order chi connectivity index (χ0) is 16.8. The van der Waals surface area contributed by atoms with Gasteiger partial charge in [-0.1, -0.05) is 30.3 Å². The van der Waals surface area contributed by atoms with Crippen molar-refractivity contribution < 1.29 is 14.7 Å². The Labute approximate surface area is 142 Å². The molecule has 0 amide bonds. The molecule has 1 saturated heterocycles. The minimum absolute atomic E-state index is 0.146. The molecule has 0 aromatic heterocycles. The van der Waals surface area contributed by atoms with Crippen molar-refractivity contribution in [3.63, 3.8) is 0 Å². The van der Waals surface area contributed by atoms with Gasteiger partial charge in [-0.2, -0.15) is 5.10 Å². The second-order valence-electron chi connectivity index (χ2n) is 6.04. The summed E-state index contributed by atoms with van der Waals surface area (Å²) in [6.07, 6.45) is 1.82. The average molecular weight is 326 g/mol. The summed E-state index contributed by atoms with van der Waals surface area (Å²) in [6.45, 7) is 5.16. The molecule has 0 radical (unpaired) electrons. The highest BCUT2D eigenvalue weighted by Crippen LogP contribution is 2.25. The first-order chi connectivity index (χ1) is 11.7. The Morgan fingerprint density at radius 2 is 1.92 bits per heavy atom. The molecule has 0 unspecified atom stereocenters. The van der Waals surface area contributed by atoms with E-state index in [9.17, 15) is 5.11 Å². The number of benzene rings is 2. The lowest BCUT2D eigenvalue weighted by Crippen LogP contribution is -3.13. The number of ether oxygens (including phenoxy) is 1. The second-order valence-corrected chi connectivity index (χ2v) is 6.04. The summed E-state index contributed by atoms with van der Waals surface area (Å²) in [5, 5.41) is 16.3. The summed E-state index contributed by atoms with van der Waals surface area (Å²) < 4.78 is 5.12. The molecule has 1 fully saturated rings. The number of nitrogens with one attached hydrogen (secondary N) is 1. The van der Waals surface area contributed by atoms with Crippen molar-refractivity contribution in [1.29, 1.82) is 0 Å². The lowest BCUT2D eigenvalue weighted by atomic mass is 10.2. The van der Waals surface area contributed by atoms with Gasteiger partial charge >= 0.3 is 0 Å². The van der Waals surface area contributed by atoms with Gasteiger partial charge in [0, 0.05) is 5.56 Å². The lowest BCUT2D eigenvalue weighted by Gasteiger charge is -2.30. The van der Waals surface area contributed by atoms with Crippen molar-refractivity contribution in [2.24, 2.45) is 5.10 Å². The number of hydrazone groups is 1. The number of phenols is 1. The highest BCUT2D eigenvalue weighted by atomic mass is 16.5. The first-order valence-electron chi connectivity index (χ1n) is 8.28. The molecule has 126 valence electrons. The fraction of sp³-hybridized carbons (Fsp3) is 0.316. The molecular weight excluding hydrogens is 302 g/mol. The monoisotopic (exact) mass is 326 g/mol. The van der Waals surface area contributed by atoms with E-state index in [1.165, 1.54) is 5.56 Å². The fourth-order valence-corrected chi connectivity index (χ4v) is 2.91. The molecular formula is C19H24N3O2+. The number of piperazine rings is 1. The van der Waals surface area contributed by atoms with Crippen molar-refractivity contribution in [2.75, 3.05) is 33.3 Å². The van der Waals surface area contributed by atoms with Crippen molar-refractivity contribution in [1.82, 2.24) is 5.01 Å². The fourth-order valence-electron chi connectivity index (χ4n) is 2.91. The molecule has 0 aliphatic carbocycles.